The van der Waals surface area contributed by atoms with Crippen LogP contribution in [0.4, 0.5) is 26.3 Å². The highest BCUT2D eigenvalue weighted by Gasteiger charge is 2.71. The van der Waals surface area contributed by atoms with Gasteiger partial charge in [0.1, 0.15) is 0 Å². The number of aliphatic hydroxyl groups is 1. The second kappa shape index (κ2) is 10.9. The molecule has 4 rings (SSSR count). The normalized spacial score (nSPS) is 16.4. The summed E-state index contributed by atoms with van der Waals surface area (Å²) in [5.41, 5.74) is -3.68. The molecule has 0 amide bonds. The summed E-state index contributed by atoms with van der Waals surface area (Å²) < 4.78 is 106. The van der Waals surface area contributed by atoms with E-state index in [-0.39, 0.29) is 5.75 Å². The molecule has 1 N–H and O–H groups in total. The first-order chi connectivity index (χ1) is 18.2. The maximum absolute atomic E-state index is 13.1. The van der Waals surface area contributed by atoms with Gasteiger partial charge in [0.25, 0.3) is 5.60 Å². The molecule has 3 aromatic rings. The lowest BCUT2D eigenvalue weighted by Crippen LogP contribution is -2.53. The highest BCUT2D eigenvalue weighted by atomic mass is 32.2. The summed E-state index contributed by atoms with van der Waals surface area (Å²) in [6, 6.07) is 19.4. The molecule has 5 nitrogen and oxygen atoms in total. The van der Waals surface area contributed by atoms with Crippen LogP contribution in [0.2, 0.25) is 0 Å². The van der Waals surface area contributed by atoms with Crippen LogP contribution in [0, 0.1) is 0 Å². The number of alkyl halides is 6. The minimum atomic E-state index is -5.94. The zero-order chi connectivity index (χ0) is 28.5. The van der Waals surface area contributed by atoms with Crippen LogP contribution in [0.15, 0.2) is 78.9 Å². The number of benzene rings is 3. The van der Waals surface area contributed by atoms with Gasteiger partial charge in [0.2, 0.25) is 10.0 Å². The standard InChI is InChI=1S/C27H26F6N2O3S/c28-26(29,30)25(36,27(31,32)33)24-12-10-23(11-13-24)22-8-6-20(7-9-22)18-34-14-16-35(17-15-34)39(37,38)19-21-4-2-1-3-5-21/h1-13,36H,14-19H2. The fraction of sp³-hybridized carbons (Fsp3) is 0.333. The van der Waals surface area contributed by atoms with E-state index in [0.717, 1.165) is 23.3 Å². The molecule has 1 saturated heterocycles. The number of rotatable bonds is 7. The predicted molar refractivity (Wildman–Crippen MR) is 134 cm³/mol. The molecule has 0 atom stereocenters. The molecule has 0 bridgehead atoms. The van der Waals surface area contributed by atoms with Gasteiger partial charge in [-0.1, -0.05) is 78.9 Å². The molecule has 3 aromatic carbocycles. The highest BCUT2D eigenvalue weighted by molar-refractivity contribution is 7.88. The van der Waals surface area contributed by atoms with Crippen LogP contribution >= 0.6 is 0 Å². The van der Waals surface area contributed by atoms with Crippen molar-refractivity contribution >= 4 is 10.0 Å². The van der Waals surface area contributed by atoms with E-state index in [1.54, 1.807) is 48.5 Å². The Morgan fingerprint density at radius 1 is 0.667 bits per heavy atom. The second-order valence-electron chi connectivity index (χ2n) is 9.40. The van der Waals surface area contributed by atoms with Crippen LogP contribution < -0.4 is 0 Å². The van der Waals surface area contributed by atoms with Crippen molar-refractivity contribution in [3.63, 3.8) is 0 Å². The van der Waals surface area contributed by atoms with Crippen LogP contribution in [-0.2, 0) is 27.9 Å². The third-order valence-electron chi connectivity index (χ3n) is 6.73. The Morgan fingerprint density at radius 2 is 1.15 bits per heavy atom. The smallest absolute Gasteiger partial charge is 0.369 e. The molecule has 1 aliphatic heterocycles. The Morgan fingerprint density at radius 3 is 1.64 bits per heavy atom. The van der Waals surface area contributed by atoms with Crippen LogP contribution in [0.5, 0.6) is 0 Å². The minimum Gasteiger partial charge on any atom is -0.369 e. The summed E-state index contributed by atoms with van der Waals surface area (Å²) in [5.74, 6) is -0.0536. The van der Waals surface area contributed by atoms with E-state index in [2.05, 4.69) is 4.90 Å². The quantitative estimate of drug-likeness (QED) is 0.390. The Hall–Kier alpha value is -2.93. The van der Waals surface area contributed by atoms with Gasteiger partial charge in [0.15, 0.2) is 0 Å². The number of sulfonamides is 1. The predicted octanol–water partition coefficient (Wildman–Crippen LogP) is 5.31. The Bertz CT molecular complexity index is 1340. The first-order valence-electron chi connectivity index (χ1n) is 12.0. The van der Waals surface area contributed by atoms with E-state index in [1.807, 2.05) is 6.07 Å². The Balaban J connectivity index is 1.37. The van der Waals surface area contributed by atoms with Gasteiger partial charge < -0.3 is 5.11 Å². The third kappa shape index (κ3) is 6.29. The van der Waals surface area contributed by atoms with Crippen molar-refractivity contribution in [2.75, 3.05) is 26.2 Å². The molecule has 0 spiro atoms. The van der Waals surface area contributed by atoms with Gasteiger partial charge in [-0.2, -0.15) is 30.6 Å². The average molecular weight is 573 g/mol. The maximum Gasteiger partial charge on any atom is 0.430 e. The third-order valence-corrected chi connectivity index (χ3v) is 8.58. The summed E-state index contributed by atoms with van der Waals surface area (Å²) >= 11 is 0. The summed E-state index contributed by atoms with van der Waals surface area (Å²) in [5, 5.41) is 9.55. The number of hydrogen-bond donors (Lipinski definition) is 1. The zero-order valence-electron chi connectivity index (χ0n) is 20.6. The van der Waals surface area contributed by atoms with Crippen LogP contribution in [0.25, 0.3) is 11.1 Å². The lowest BCUT2D eigenvalue weighted by Gasteiger charge is -2.34. The Kier molecular flexibility index (Phi) is 8.13. The summed E-state index contributed by atoms with van der Waals surface area (Å²) in [6.07, 6.45) is -11.9. The lowest BCUT2D eigenvalue weighted by atomic mass is 9.90. The number of hydrogen-bond acceptors (Lipinski definition) is 4. The van der Waals surface area contributed by atoms with E-state index in [9.17, 15) is 39.9 Å². The summed E-state index contributed by atoms with van der Waals surface area (Å²) in [7, 11) is -3.43. The molecule has 0 aliphatic carbocycles. The van der Waals surface area contributed by atoms with Gasteiger partial charge in [-0.25, -0.2) is 8.42 Å². The molecular formula is C27H26F6N2O3S. The van der Waals surface area contributed by atoms with Gasteiger partial charge in [-0.3, -0.25) is 4.90 Å². The first kappa shape index (κ1) is 29.1. The van der Waals surface area contributed by atoms with Gasteiger partial charge in [0, 0.05) is 38.3 Å². The van der Waals surface area contributed by atoms with Crippen molar-refractivity contribution in [1.29, 1.82) is 0 Å². The molecule has 0 aromatic heterocycles. The molecule has 210 valence electrons. The molecular weight excluding hydrogens is 546 g/mol. The SMILES string of the molecule is O=S(=O)(Cc1ccccc1)N1CCN(Cc2ccc(-c3ccc(C(O)(C(F)(F)F)C(F)(F)F)cc3)cc2)CC1. The second-order valence-corrected chi connectivity index (χ2v) is 11.4. The Labute approximate surface area is 222 Å². The van der Waals surface area contributed by atoms with Crippen molar-refractivity contribution < 1.29 is 39.9 Å². The molecule has 12 heteroatoms. The largest absolute Gasteiger partial charge is 0.430 e. The number of piperazine rings is 1. The van der Waals surface area contributed by atoms with E-state index in [0.29, 0.717) is 56.0 Å². The molecule has 1 aliphatic rings. The molecule has 0 saturated carbocycles. The van der Waals surface area contributed by atoms with Crippen molar-refractivity contribution in [3.8, 4) is 11.1 Å². The maximum atomic E-state index is 13.1. The topological polar surface area (TPSA) is 60.9 Å². The molecule has 1 heterocycles. The molecule has 39 heavy (non-hydrogen) atoms. The molecule has 1 fully saturated rings. The van der Waals surface area contributed by atoms with E-state index in [4.69, 9.17) is 0 Å². The molecule has 0 radical (unpaired) electrons. The van der Waals surface area contributed by atoms with Gasteiger partial charge in [-0.15, -0.1) is 0 Å². The summed E-state index contributed by atoms with van der Waals surface area (Å²) in [4.78, 5) is 2.10. The van der Waals surface area contributed by atoms with Crippen LogP contribution in [-0.4, -0.2) is 61.3 Å². The van der Waals surface area contributed by atoms with Crippen molar-refractivity contribution in [2.24, 2.45) is 0 Å². The van der Waals surface area contributed by atoms with Gasteiger partial charge in [-0.05, 0) is 22.3 Å². The number of halogens is 6. The van der Waals surface area contributed by atoms with E-state index >= 15 is 0 Å². The molecule has 0 unspecified atom stereocenters. The zero-order valence-corrected chi connectivity index (χ0v) is 21.4. The minimum absolute atomic E-state index is 0.0536. The van der Waals surface area contributed by atoms with Gasteiger partial charge in [0.05, 0.1) is 5.75 Å². The van der Waals surface area contributed by atoms with Crippen LogP contribution in [0.3, 0.4) is 0 Å². The highest BCUT2D eigenvalue weighted by Crippen LogP contribution is 2.50. The van der Waals surface area contributed by atoms with E-state index < -0.39 is 33.5 Å². The van der Waals surface area contributed by atoms with Crippen molar-refractivity contribution in [2.45, 2.75) is 30.3 Å². The lowest BCUT2D eigenvalue weighted by molar-refractivity contribution is -0.376. The number of nitrogens with zero attached hydrogens (tertiary/aromatic N) is 2. The summed E-state index contributed by atoms with van der Waals surface area (Å²) in [6.45, 7) is 2.36. The first-order valence-corrected chi connectivity index (χ1v) is 13.6. The van der Waals surface area contributed by atoms with E-state index in [1.165, 1.54) is 4.31 Å². The average Bonchev–Trinajstić information content (AvgIpc) is 2.88. The van der Waals surface area contributed by atoms with Crippen LogP contribution in [0.1, 0.15) is 16.7 Å². The fourth-order valence-electron chi connectivity index (χ4n) is 4.49. The van der Waals surface area contributed by atoms with Crippen molar-refractivity contribution in [1.82, 2.24) is 9.21 Å². The van der Waals surface area contributed by atoms with Gasteiger partial charge >= 0.3 is 12.4 Å². The monoisotopic (exact) mass is 572 g/mol. The van der Waals surface area contributed by atoms with Crippen molar-refractivity contribution in [3.05, 3.63) is 95.6 Å². The fourth-order valence-corrected chi connectivity index (χ4v) is 6.01.